The topological polar surface area (TPSA) is 64.4 Å². The van der Waals surface area contributed by atoms with Gasteiger partial charge in [-0.3, -0.25) is 0 Å². The van der Waals surface area contributed by atoms with Crippen LogP contribution in [-0.2, 0) is 13.1 Å². The fraction of sp³-hybridized carbons (Fsp3) is 0.421. The molecular weight excluding hydrogens is 328 g/mol. The molecule has 1 aromatic carbocycles. The lowest BCUT2D eigenvalue weighted by atomic mass is 10.1. The van der Waals surface area contributed by atoms with E-state index < -0.39 is 0 Å². The summed E-state index contributed by atoms with van der Waals surface area (Å²) < 4.78 is 7.24. The van der Waals surface area contributed by atoms with Gasteiger partial charge in [-0.1, -0.05) is 12.1 Å². The maximum Gasteiger partial charge on any atom is 0.206 e. The molecule has 0 amide bonds. The van der Waals surface area contributed by atoms with E-state index >= 15 is 0 Å². The van der Waals surface area contributed by atoms with Gasteiger partial charge < -0.3 is 14.2 Å². The molecule has 0 bridgehead atoms. The summed E-state index contributed by atoms with van der Waals surface area (Å²) in [5, 5.41) is 12.2. The van der Waals surface area contributed by atoms with Crippen LogP contribution in [0.5, 0.6) is 0 Å². The van der Waals surface area contributed by atoms with Gasteiger partial charge in [-0.2, -0.15) is 0 Å². The third-order valence-electron chi connectivity index (χ3n) is 5.29. The number of nitrogens with zero attached hydrogens (tertiary/aromatic N) is 5. The number of tetrazole rings is 1. The molecule has 2 aromatic heterocycles. The average Bonchev–Trinajstić information content (AvgIpc) is 3.31. The van der Waals surface area contributed by atoms with Gasteiger partial charge in [-0.25, -0.2) is 4.68 Å². The Morgan fingerprint density at radius 2 is 1.96 bits per heavy atom. The molecule has 7 heteroatoms. The third-order valence-corrected chi connectivity index (χ3v) is 5.29. The van der Waals surface area contributed by atoms with Crippen LogP contribution in [0.1, 0.15) is 22.7 Å². The second-order valence-corrected chi connectivity index (χ2v) is 6.96. The Kier molecular flexibility index (Phi) is 4.71. The number of aryl methyl sites for hydroxylation is 1. The van der Waals surface area contributed by atoms with E-state index in [4.69, 9.17) is 4.42 Å². The fourth-order valence-electron chi connectivity index (χ4n) is 3.57. The first-order valence-corrected chi connectivity index (χ1v) is 9.13. The Balaban J connectivity index is 1.37. The molecule has 3 heterocycles. The Labute approximate surface area is 153 Å². The van der Waals surface area contributed by atoms with E-state index in [1.165, 1.54) is 21.7 Å². The summed E-state index contributed by atoms with van der Waals surface area (Å²) in [6.45, 7) is 10.1. The molecular formula is C19H25N6O+. The minimum absolute atomic E-state index is 0.581. The SMILES string of the molecule is Cc1cccc(N2CC[NH+](Cc3nnnn3Cc3ccco3)CC2)c1C. The lowest BCUT2D eigenvalue weighted by molar-refractivity contribution is -0.915. The van der Waals surface area contributed by atoms with Gasteiger partial charge >= 0.3 is 0 Å². The molecule has 136 valence electrons. The summed E-state index contributed by atoms with van der Waals surface area (Å²) in [7, 11) is 0. The van der Waals surface area contributed by atoms with E-state index in [2.05, 4.69) is 52.5 Å². The molecule has 1 fully saturated rings. The van der Waals surface area contributed by atoms with Gasteiger partial charge in [0.15, 0.2) is 0 Å². The monoisotopic (exact) mass is 353 g/mol. The Bertz CT molecular complexity index is 849. The summed E-state index contributed by atoms with van der Waals surface area (Å²) >= 11 is 0. The normalized spacial score (nSPS) is 15.5. The molecule has 4 rings (SSSR count). The number of quaternary nitrogens is 1. The molecule has 26 heavy (non-hydrogen) atoms. The van der Waals surface area contributed by atoms with Crippen molar-refractivity contribution < 1.29 is 9.32 Å². The van der Waals surface area contributed by atoms with E-state index in [9.17, 15) is 0 Å². The first-order valence-electron chi connectivity index (χ1n) is 9.13. The first kappa shape index (κ1) is 16.8. The van der Waals surface area contributed by atoms with Gasteiger partial charge in [-0.15, -0.1) is 5.10 Å². The Morgan fingerprint density at radius 1 is 1.12 bits per heavy atom. The van der Waals surface area contributed by atoms with E-state index in [1.54, 1.807) is 6.26 Å². The second-order valence-electron chi connectivity index (χ2n) is 6.96. The highest BCUT2D eigenvalue weighted by Crippen LogP contribution is 2.22. The van der Waals surface area contributed by atoms with Crippen molar-refractivity contribution in [1.82, 2.24) is 20.2 Å². The van der Waals surface area contributed by atoms with Crippen molar-refractivity contribution >= 4 is 5.69 Å². The number of hydrogen-bond acceptors (Lipinski definition) is 5. The van der Waals surface area contributed by atoms with E-state index in [0.29, 0.717) is 6.54 Å². The van der Waals surface area contributed by atoms with Crippen LogP contribution in [0.15, 0.2) is 41.0 Å². The molecule has 3 aromatic rings. The highest BCUT2D eigenvalue weighted by Gasteiger charge is 2.23. The molecule has 7 nitrogen and oxygen atoms in total. The zero-order valence-electron chi connectivity index (χ0n) is 15.4. The molecule has 1 aliphatic heterocycles. The van der Waals surface area contributed by atoms with Crippen LogP contribution in [0.2, 0.25) is 0 Å². The van der Waals surface area contributed by atoms with Crippen LogP contribution in [0.25, 0.3) is 0 Å². The van der Waals surface area contributed by atoms with Crippen molar-refractivity contribution in [3.8, 4) is 0 Å². The van der Waals surface area contributed by atoms with Gasteiger partial charge in [0.1, 0.15) is 18.8 Å². The van der Waals surface area contributed by atoms with Gasteiger partial charge in [-0.05, 0) is 53.6 Å². The minimum Gasteiger partial charge on any atom is -0.467 e. The average molecular weight is 353 g/mol. The van der Waals surface area contributed by atoms with Crippen molar-refractivity contribution in [3.05, 3.63) is 59.3 Å². The number of rotatable bonds is 5. The lowest BCUT2D eigenvalue weighted by Gasteiger charge is -2.34. The largest absolute Gasteiger partial charge is 0.467 e. The number of aromatic nitrogens is 4. The number of hydrogen-bond donors (Lipinski definition) is 1. The van der Waals surface area contributed by atoms with Crippen LogP contribution in [0.3, 0.4) is 0 Å². The smallest absolute Gasteiger partial charge is 0.206 e. The van der Waals surface area contributed by atoms with Gasteiger partial charge in [0, 0.05) is 5.69 Å². The maximum atomic E-state index is 5.41. The summed E-state index contributed by atoms with van der Waals surface area (Å²) in [6.07, 6.45) is 1.68. The van der Waals surface area contributed by atoms with Crippen LogP contribution < -0.4 is 9.80 Å². The standard InChI is InChI=1S/C19H24N6O/c1-15-5-3-7-18(16(15)2)24-10-8-23(9-11-24)14-19-20-21-22-25(19)13-17-6-4-12-26-17/h3-7,12H,8-11,13-14H2,1-2H3/p+1. The number of furan rings is 1. The Morgan fingerprint density at radius 3 is 2.73 bits per heavy atom. The van der Waals surface area contributed by atoms with Crippen LogP contribution >= 0.6 is 0 Å². The molecule has 0 atom stereocenters. The quantitative estimate of drug-likeness (QED) is 0.736. The summed E-state index contributed by atoms with van der Waals surface area (Å²) in [4.78, 5) is 4.01. The number of anilines is 1. The van der Waals surface area contributed by atoms with Crippen LogP contribution in [0.4, 0.5) is 5.69 Å². The summed E-state index contributed by atoms with van der Waals surface area (Å²) in [5.41, 5.74) is 4.11. The van der Waals surface area contributed by atoms with Crippen molar-refractivity contribution in [2.45, 2.75) is 26.9 Å². The summed E-state index contributed by atoms with van der Waals surface area (Å²) in [6, 6.07) is 10.4. The van der Waals surface area contributed by atoms with Gasteiger partial charge in [0.25, 0.3) is 0 Å². The molecule has 1 aliphatic rings. The summed E-state index contributed by atoms with van der Waals surface area (Å²) in [5.74, 6) is 1.78. The predicted octanol–water partition coefficient (Wildman–Crippen LogP) is 0.836. The molecule has 0 saturated carbocycles. The van der Waals surface area contributed by atoms with Crippen molar-refractivity contribution in [2.24, 2.45) is 0 Å². The molecule has 0 unspecified atom stereocenters. The van der Waals surface area contributed by atoms with E-state index in [0.717, 1.165) is 44.3 Å². The van der Waals surface area contributed by atoms with Crippen LogP contribution in [0, 0.1) is 13.8 Å². The molecule has 0 spiro atoms. The maximum absolute atomic E-state index is 5.41. The number of benzene rings is 1. The molecule has 0 radical (unpaired) electrons. The third kappa shape index (κ3) is 3.48. The first-order chi connectivity index (χ1) is 12.7. The Hall–Kier alpha value is -2.67. The molecule has 0 aliphatic carbocycles. The lowest BCUT2D eigenvalue weighted by Crippen LogP contribution is -3.13. The minimum atomic E-state index is 0.581. The van der Waals surface area contributed by atoms with Gasteiger partial charge in [0.2, 0.25) is 5.82 Å². The molecule has 1 saturated heterocycles. The van der Waals surface area contributed by atoms with Gasteiger partial charge in [0.05, 0.1) is 32.4 Å². The van der Waals surface area contributed by atoms with Crippen LogP contribution in [-0.4, -0.2) is 46.4 Å². The second kappa shape index (κ2) is 7.29. The van der Waals surface area contributed by atoms with Crippen molar-refractivity contribution in [3.63, 3.8) is 0 Å². The van der Waals surface area contributed by atoms with Crippen molar-refractivity contribution in [2.75, 3.05) is 31.1 Å². The van der Waals surface area contributed by atoms with Crippen molar-refractivity contribution in [1.29, 1.82) is 0 Å². The molecule has 1 N–H and O–H groups in total. The zero-order chi connectivity index (χ0) is 17.9. The van der Waals surface area contributed by atoms with E-state index in [1.807, 2.05) is 16.8 Å². The number of nitrogens with one attached hydrogen (secondary N) is 1. The fourth-order valence-corrected chi connectivity index (χ4v) is 3.57. The zero-order valence-corrected chi connectivity index (χ0v) is 15.4. The number of piperazine rings is 1. The highest BCUT2D eigenvalue weighted by atomic mass is 16.3. The predicted molar refractivity (Wildman–Crippen MR) is 98.2 cm³/mol. The van der Waals surface area contributed by atoms with E-state index in [-0.39, 0.29) is 0 Å². The highest BCUT2D eigenvalue weighted by molar-refractivity contribution is 5.56.